The summed E-state index contributed by atoms with van der Waals surface area (Å²) in [5.74, 6) is -1.33. The monoisotopic (exact) mass is 269 g/mol. The van der Waals surface area contributed by atoms with Crippen LogP contribution < -0.4 is 5.32 Å². The van der Waals surface area contributed by atoms with Crippen LogP contribution in [0.2, 0.25) is 0 Å². The van der Waals surface area contributed by atoms with Crippen LogP contribution >= 0.6 is 11.8 Å². The van der Waals surface area contributed by atoms with Crippen LogP contribution in [0.15, 0.2) is 24.3 Å². The SMILES string of the molecule is O=C(O)C1CSC(Cc2cccc(F)c2)C(=O)N1. The number of hydrogen-bond acceptors (Lipinski definition) is 3. The molecule has 4 nitrogen and oxygen atoms in total. The molecule has 2 atom stereocenters. The van der Waals surface area contributed by atoms with Crippen molar-refractivity contribution in [2.45, 2.75) is 17.7 Å². The Kier molecular flexibility index (Phi) is 3.86. The van der Waals surface area contributed by atoms with Gasteiger partial charge in [-0.25, -0.2) is 9.18 Å². The molecule has 1 heterocycles. The van der Waals surface area contributed by atoms with Crippen molar-refractivity contribution in [3.63, 3.8) is 0 Å². The van der Waals surface area contributed by atoms with Crippen molar-refractivity contribution in [2.24, 2.45) is 0 Å². The van der Waals surface area contributed by atoms with Gasteiger partial charge in [-0.1, -0.05) is 12.1 Å². The fraction of sp³-hybridized carbons (Fsp3) is 0.333. The summed E-state index contributed by atoms with van der Waals surface area (Å²) in [6, 6.07) is 5.25. The summed E-state index contributed by atoms with van der Waals surface area (Å²) < 4.78 is 13.0. The Morgan fingerprint density at radius 3 is 2.94 bits per heavy atom. The van der Waals surface area contributed by atoms with Gasteiger partial charge in [-0.3, -0.25) is 4.79 Å². The van der Waals surface area contributed by atoms with Crippen LogP contribution in [-0.4, -0.2) is 34.0 Å². The lowest BCUT2D eigenvalue weighted by Crippen LogP contribution is -2.51. The van der Waals surface area contributed by atoms with Gasteiger partial charge < -0.3 is 10.4 Å². The summed E-state index contributed by atoms with van der Waals surface area (Å²) >= 11 is 1.29. The van der Waals surface area contributed by atoms with Crippen LogP contribution in [0, 0.1) is 5.82 Å². The molecule has 2 unspecified atom stereocenters. The maximum atomic E-state index is 13.0. The van der Waals surface area contributed by atoms with E-state index in [9.17, 15) is 14.0 Å². The van der Waals surface area contributed by atoms with Crippen LogP contribution in [0.3, 0.4) is 0 Å². The molecule has 0 aromatic heterocycles. The van der Waals surface area contributed by atoms with E-state index in [4.69, 9.17) is 5.11 Å². The molecule has 6 heteroatoms. The number of amides is 1. The number of thioether (sulfide) groups is 1. The lowest BCUT2D eigenvalue weighted by molar-refractivity contribution is -0.141. The van der Waals surface area contributed by atoms with Gasteiger partial charge in [0.15, 0.2) is 0 Å². The topological polar surface area (TPSA) is 66.4 Å². The Balaban J connectivity index is 1.99. The van der Waals surface area contributed by atoms with E-state index in [0.717, 1.165) is 5.56 Å². The highest BCUT2D eigenvalue weighted by Gasteiger charge is 2.32. The second-order valence-corrected chi connectivity index (χ2v) is 5.29. The molecule has 0 saturated carbocycles. The maximum Gasteiger partial charge on any atom is 0.327 e. The van der Waals surface area contributed by atoms with Gasteiger partial charge in [0.05, 0.1) is 5.25 Å². The van der Waals surface area contributed by atoms with Crippen molar-refractivity contribution in [2.75, 3.05) is 5.75 Å². The third kappa shape index (κ3) is 3.01. The number of benzene rings is 1. The number of halogens is 1. The fourth-order valence-electron chi connectivity index (χ4n) is 1.76. The van der Waals surface area contributed by atoms with Crippen molar-refractivity contribution in [3.8, 4) is 0 Å². The Morgan fingerprint density at radius 1 is 1.56 bits per heavy atom. The van der Waals surface area contributed by atoms with Gasteiger partial charge in [-0.2, -0.15) is 0 Å². The minimum atomic E-state index is -1.03. The number of carbonyl (C=O) groups is 2. The number of carboxylic acids is 1. The number of rotatable bonds is 3. The van der Waals surface area contributed by atoms with Crippen LogP contribution in [0.1, 0.15) is 5.56 Å². The molecule has 96 valence electrons. The smallest absolute Gasteiger partial charge is 0.327 e. The van der Waals surface area contributed by atoms with Crippen molar-refractivity contribution in [3.05, 3.63) is 35.6 Å². The first kappa shape index (κ1) is 12.9. The molecule has 1 amide bonds. The summed E-state index contributed by atoms with van der Waals surface area (Å²) in [6.07, 6.45) is 0.403. The normalized spacial score (nSPS) is 23.5. The Hall–Kier alpha value is -1.56. The highest BCUT2D eigenvalue weighted by Crippen LogP contribution is 2.22. The van der Waals surface area contributed by atoms with E-state index < -0.39 is 12.0 Å². The van der Waals surface area contributed by atoms with E-state index in [1.807, 2.05) is 0 Å². The van der Waals surface area contributed by atoms with Crippen molar-refractivity contribution >= 4 is 23.6 Å². The quantitative estimate of drug-likeness (QED) is 0.861. The molecule has 1 aromatic carbocycles. The predicted molar refractivity (Wildman–Crippen MR) is 65.9 cm³/mol. The molecular formula is C12H12FNO3S. The van der Waals surface area contributed by atoms with Crippen molar-refractivity contribution in [1.82, 2.24) is 5.32 Å². The summed E-state index contributed by atoms with van der Waals surface area (Å²) in [7, 11) is 0. The van der Waals surface area contributed by atoms with E-state index in [1.54, 1.807) is 12.1 Å². The molecular weight excluding hydrogens is 257 g/mol. The average Bonchev–Trinajstić information content (AvgIpc) is 2.31. The number of aliphatic carboxylic acids is 1. The number of carboxylic acid groups (broad SMARTS) is 1. The van der Waals surface area contributed by atoms with E-state index in [2.05, 4.69) is 5.32 Å². The third-order valence-corrected chi connectivity index (χ3v) is 3.99. The molecule has 0 bridgehead atoms. The Bertz CT molecular complexity index is 480. The molecule has 0 radical (unpaired) electrons. The zero-order valence-electron chi connectivity index (χ0n) is 9.43. The number of nitrogens with one attached hydrogen (secondary N) is 1. The van der Waals surface area contributed by atoms with Gasteiger partial charge in [-0.05, 0) is 24.1 Å². The minimum absolute atomic E-state index is 0.303. The second-order valence-electron chi connectivity index (χ2n) is 4.06. The Morgan fingerprint density at radius 2 is 2.33 bits per heavy atom. The van der Waals surface area contributed by atoms with Gasteiger partial charge in [0.1, 0.15) is 11.9 Å². The second kappa shape index (κ2) is 5.39. The van der Waals surface area contributed by atoms with Gasteiger partial charge in [0.2, 0.25) is 5.91 Å². The largest absolute Gasteiger partial charge is 0.480 e. The lowest BCUT2D eigenvalue weighted by atomic mass is 10.1. The first-order valence-corrected chi connectivity index (χ1v) is 6.50. The molecule has 1 aromatic rings. The molecule has 2 N–H and O–H groups in total. The van der Waals surface area contributed by atoms with Gasteiger partial charge >= 0.3 is 5.97 Å². The van der Waals surface area contributed by atoms with Crippen LogP contribution in [0.5, 0.6) is 0 Å². The maximum absolute atomic E-state index is 13.0. The van der Waals surface area contributed by atoms with Crippen LogP contribution in [-0.2, 0) is 16.0 Å². The highest BCUT2D eigenvalue weighted by atomic mass is 32.2. The minimum Gasteiger partial charge on any atom is -0.480 e. The van der Waals surface area contributed by atoms with E-state index in [1.165, 1.54) is 23.9 Å². The van der Waals surface area contributed by atoms with Crippen molar-refractivity contribution in [1.29, 1.82) is 0 Å². The zero-order valence-corrected chi connectivity index (χ0v) is 10.2. The van der Waals surface area contributed by atoms with E-state index in [0.29, 0.717) is 12.2 Å². The molecule has 0 aliphatic carbocycles. The standard InChI is InChI=1S/C12H12FNO3S/c13-8-3-1-2-7(4-8)5-10-11(15)14-9(6-18-10)12(16)17/h1-4,9-10H,5-6H2,(H,14,15)(H,16,17). The predicted octanol–water partition coefficient (Wildman–Crippen LogP) is 1.05. The molecule has 1 aliphatic rings. The molecule has 18 heavy (non-hydrogen) atoms. The van der Waals surface area contributed by atoms with Gasteiger partial charge in [0, 0.05) is 5.75 Å². The van der Waals surface area contributed by atoms with Gasteiger partial charge in [0.25, 0.3) is 0 Å². The number of hydrogen-bond donors (Lipinski definition) is 2. The average molecular weight is 269 g/mol. The lowest BCUT2D eigenvalue weighted by Gasteiger charge is -2.26. The van der Waals surface area contributed by atoms with Crippen LogP contribution in [0.4, 0.5) is 4.39 Å². The Labute approximate surface area is 108 Å². The molecule has 1 fully saturated rings. The first-order valence-electron chi connectivity index (χ1n) is 5.45. The summed E-state index contributed by atoms with van der Waals surface area (Å²) in [5.41, 5.74) is 0.733. The molecule has 0 spiro atoms. The fourth-order valence-corrected chi connectivity index (χ4v) is 2.94. The summed E-state index contributed by atoms with van der Waals surface area (Å²) in [4.78, 5) is 22.4. The number of carbonyl (C=O) groups excluding carboxylic acids is 1. The third-order valence-electron chi connectivity index (χ3n) is 2.68. The molecule has 2 rings (SSSR count). The van der Waals surface area contributed by atoms with Crippen molar-refractivity contribution < 1.29 is 19.1 Å². The summed E-state index contributed by atoms with van der Waals surface area (Å²) in [5, 5.41) is 10.9. The molecule has 1 saturated heterocycles. The molecule has 1 aliphatic heterocycles. The first-order chi connectivity index (χ1) is 8.56. The van der Waals surface area contributed by atoms with Gasteiger partial charge in [-0.15, -0.1) is 11.8 Å². The van der Waals surface area contributed by atoms with Crippen LogP contribution in [0.25, 0.3) is 0 Å². The zero-order chi connectivity index (χ0) is 13.1. The highest BCUT2D eigenvalue weighted by molar-refractivity contribution is 8.00. The van der Waals surface area contributed by atoms with E-state index in [-0.39, 0.29) is 17.0 Å². The summed E-state index contributed by atoms with van der Waals surface area (Å²) in [6.45, 7) is 0. The van der Waals surface area contributed by atoms with E-state index >= 15 is 0 Å².